The topological polar surface area (TPSA) is 98.5 Å². The minimum atomic E-state index is -0.864. The molecule has 8 heteroatoms. The zero-order chi connectivity index (χ0) is 21.0. The number of rotatable bonds is 6. The second kappa shape index (κ2) is 8.38. The summed E-state index contributed by atoms with van der Waals surface area (Å²) in [5.74, 6) is -1.42. The van der Waals surface area contributed by atoms with Crippen LogP contribution in [0.15, 0.2) is 42.5 Å². The lowest BCUT2D eigenvalue weighted by molar-refractivity contribution is -0.384. The van der Waals surface area contributed by atoms with Crippen molar-refractivity contribution in [2.24, 2.45) is 0 Å². The Kier molecular flexibility index (Phi) is 5.91. The van der Waals surface area contributed by atoms with Crippen molar-refractivity contribution in [2.75, 3.05) is 11.9 Å². The van der Waals surface area contributed by atoms with Crippen LogP contribution in [-0.4, -0.2) is 23.4 Å². The molecule has 2 aromatic rings. The Morgan fingerprint density at radius 2 is 1.83 bits per heavy atom. The minimum absolute atomic E-state index is 0.0746. The molecule has 1 amide bonds. The van der Waals surface area contributed by atoms with Crippen LogP contribution < -0.4 is 5.32 Å². The molecule has 0 aliphatic heterocycles. The number of amides is 1. The van der Waals surface area contributed by atoms with Gasteiger partial charge in [0, 0.05) is 17.8 Å². The van der Waals surface area contributed by atoms with Gasteiger partial charge in [0.1, 0.15) is 5.82 Å². The highest BCUT2D eigenvalue weighted by molar-refractivity contribution is 5.94. The maximum Gasteiger partial charge on any atom is 0.317 e. The average molecular weight is 400 g/mol. The van der Waals surface area contributed by atoms with Crippen LogP contribution >= 0.6 is 0 Å². The number of hydrogen-bond acceptors (Lipinski definition) is 5. The van der Waals surface area contributed by atoms with Gasteiger partial charge in [-0.1, -0.05) is 25.0 Å². The summed E-state index contributed by atoms with van der Waals surface area (Å²) < 4.78 is 18.6. The molecule has 3 rings (SSSR count). The van der Waals surface area contributed by atoms with Crippen molar-refractivity contribution >= 4 is 23.3 Å². The van der Waals surface area contributed by atoms with E-state index >= 15 is 0 Å². The van der Waals surface area contributed by atoms with Crippen LogP contribution in [0.1, 0.15) is 36.8 Å². The number of benzene rings is 2. The fourth-order valence-corrected chi connectivity index (χ4v) is 3.72. The first kappa shape index (κ1) is 20.4. The number of aryl methyl sites for hydroxylation is 1. The highest BCUT2D eigenvalue weighted by atomic mass is 19.1. The molecule has 0 saturated heterocycles. The molecule has 1 N–H and O–H groups in total. The van der Waals surface area contributed by atoms with Gasteiger partial charge in [0.25, 0.3) is 11.6 Å². The van der Waals surface area contributed by atoms with Crippen molar-refractivity contribution in [3.63, 3.8) is 0 Å². The molecule has 1 aliphatic rings. The highest BCUT2D eigenvalue weighted by Gasteiger charge is 2.44. The van der Waals surface area contributed by atoms with Crippen LogP contribution in [0.25, 0.3) is 0 Å². The van der Waals surface area contributed by atoms with Crippen LogP contribution in [0.4, 0.5) is 15.8 Å². The number of nitro groups is 1. The number of anilines is 1. The van der Waals surface area contributed by atoms with Crippen LogP contribution in [0, 0.1) is 22.9 Å². The Balaban J connectivity index is 1.65. The van der Waals surface area contributed by atoms with Crippen molar-refractivity contribution < 1.29 is 23.6 Å². The summed E-state index contributed by atoms with van der Waals surface area (Å²) in [7, 11) is 0. The summed E-state index contributed by atoms with van der Waals surface area (Å²) in [6.45, 7) is 1.16. The lowest BCUT2D eigenvalue weighted by atomic mass is 9.79. The van der Waals surface area contributed by atoms with E-state index in [1.54, 1.807) is 19.1 Å². The van der Waals surface area contributed by atoms with Gasteiger partial charge < -0.3 is 10.1 Å². The maximum absolute atomic E-state index is 13.3. The van der Waals surface area contributed by atoms with E-state index in [1.165, 1.54) is 30.3 Å². The van der Waals surface area contributed by atoms with Gasteiger partial charge in [-0.25, -0.2) is 4.39 Å². The number of non-ortho nitro benzene ring substituents is 1. The number of nitrogens with one attached hydrogen (secondary N) is 1. The minimum Gasteiger partial charge on any atom is -0.455 e. The summed E-state index contributed by atoms with van der Waals surface area (Å²) in [5.41, 5.74) is 0.683. The molecule has 1 fully saturated rings. The number of esters is 1. The van der Waals surface area contributed by atoms with Gasteiger partial charge >= 0.3 is 5.97 Å². The first-order valence-corrected chi connectivity index (χ1v) is 9.30. The van der Waals surface area contributed by atoms with E-state index in [2.05, 4.69) is 5.32 Å². The third-order valence-corrected chi connectivity index (χ3v) is 5.27. The second-order valence-electron chi connectivity index (χ2n) is 7.18. The SMILES string of the molecule is Cc1cc([N+](=O)[O-])ccc1NC(=O)COC(=O)C1(c2ccc(F)cc2)CCCC1. The van der Waals surface area contributed by atoms with Gasteiger partial charge in [-0.05, 0) is 49.1 Å². The van der Waals surface area contributed by atoms with Gasteiger partial charge in [-0.3, -0.25) is 19.7 Å². The number of ether oxygens (including phenoxy) is 1. The fraction of sp³-hybridized carbons (Fsp3) is 0.333. The first-order chi connectivity index (χ1) is 13.8. The van der Waals surface area contributed by atoms with E-state index in [-0.39, 0.29) is 11.5 Å². The average Bonchev–Trinajstić information content (AvgIpc) is 3.19. The third kappa shape index (κ3) is 4.42. The normalized spacial score (nSPS) is 15.0. The van der Waals surface area contributed by atoms with Crippen molar-refractivity contribution in [3.05, 3.63) is 69.5 Å². The molecule has 0 aromatic heterocycles. The molecular formula is C21H21FN2O5. The van der Waals surface area contributed by atoms with Crippen molar-refractivity contribution in [2.45, 2.75) is 38.0 Å². The summed E-state index contributed by atoms with van der Waals surface area (Å²) in [4.78, 5) is 35.3. The molecule has 0 atom stereocenters. The van der Waals surface area contributed by atoms with Crippen LogP contribution in [0.5, 0.6) is 0 Å². The van der Waals surface area contributed by atoms with Gasteiger partial charge in [-0.2, -0.15) is 0 Å². The molecule has 29 heavy (non-hydrogen) atoms. The number of nitrogens with zero attached hydrogens (tertiary/aromatic N) is 1. The quantitative estimate of drug-likeness (QED) is 0.448. The summed E-state index contributed by atoms with van der Waals surface area (Å²) in [6.07, 6.45) is 2.86. The zero-order valence-electron chi connectivity index (χ0n) is 15.9. The molecule has 0 unspecified atom stereocenters. The van der Waals surface area contributed by atoms with E-state index in [1.807, 2.05) is 0 Å². The number of carbonyl (C=O) groups is 2. The molecule has 1 aliphatic carbocycles. The van der Waals surface area contributed by atoms with Crippen molar-refractivity contribution in [1.82, 2.24) is 0 Å². The maximum atomic E-state index is 13.3. The third-order valence-electron chi connectivity index (χ3n) is 5.27. The monoisotopic (exact) mass is 400 g/mol. The Labute approximate surface area is 167 Å². The van der Waals surface area contributed by atoms with Gasteiger partial charge in [-0.15, -0.1) is 0 Å². The van der Waals surface area contributed by atoms with E-state index in [9.17, 15) is 24.1 Å². The predicted octanol–water partition coefficient (Wildman–Crippen LogP) is 4.04. The van der Waals surface area contributed by atoms with E-state index in [0.29, 0.717) is 29.7 Å². The Morgan fingerprint density at radius 3 is 2.41 bits per heavy atom. The molecule has 1 saturated carbocycles. The number of carbonyl (C=O) groups excluding carboxylic acids is 2. The van der Waals surface area contributed by atoms with E-state index < -0.39 is 28.8 Å². The molecule has 2 aromatic carbocycles. The van der Waals surface area contributed by atoms with Crippen LogP contribution in [0.2, 0.25) is 0 Å². The first-order valence-electron chi connectivity index (χ1n) is 9.30. The van der Waals surface area contributed by atoms with Crippen LogP contribution in [0.3, 0.4) is 0 Å². The highest BCUT2D eigenvalue weighted by Crippen LogP contribution is 2.42. The van der Waals surface area contributed by atoms with Crippen molar-refractivity contribution in [3.8, 4) is 0 Å². The predicted molar refractivity (Wildman–Crippen MR) is 104 cm³/mol. The summed E-state index contributed by atoms with van der Waals surface area (Å²) in [5, 5.41) is 13.4. The van der Waals surface area contributed by atoms with Gasteiger partial charge in [0.15, 0.2) is 6.61 Å². The standard InChI is InChI=1S/C21H21FN2O5/c1-14-12-17(24(27)28)8-9-18(14)23-19(25)13-29-20(26)21(10-2-3-11-21)15-4-6-16(22)7-5-15/h4-9,12H,2-3,10-11,13H2,1H3,(H,23,25). The molecular weight excluding hydrogens is 379 g/mol. The van der Waals surface area contributed by atoms with Gasteiger partial charge in [0.05, 0.1) is 10.3 Å². The lowest BCUT2D eigenvalue weighted by Gasteiger charge is -2.27. The Morgan fingerprint density at radius 1 is 1.17 bits per heavy atom. The second-order valence-corrected chi connectivity index (χ2v) is 7.18. The zero-order valence-corrected chi connectivity index (χ0v) is 15.9. The van der Waals surface area contributed by atoms with E-state index in [4.69, 9.17) is 4.74 Å². The summed E-state index contributed by atoms with van der Waals surface area (Å²) >= 11 is 0. The molecule has 0 heterocycles. The van der Waals surface area contributed by atoms with Crippen LogP contribution in [-0.2, 0) is 19.7 Å². The number of hydrogen-bond donors (Lipinski definition) is 1. The molecule has 0 bridgehead atoms. The Hall–Kier alpha value is -3.29. The van der Waals surface area contributed by atoms with Crippen molar-refractivity contribution in [1.29, 1.82) is 0 Å². The number of nitro benzene ring substituents is 1. The van der Waals surface area contributed by atoms with Gasteiger partial charge in [0.2, 0.25) is 0 Å². The lowest BCUT2D eigenvalue weighted by Crippen LogP contribution is -2.36. The molecule has 152 valence electrons. The Bertz CT molecular complexity index is 937. The number of halogens is 1. The smallest absolute Gasteiger partial charge is 0.317 e. The molecule has 0 radical (unpaired) electrons. The summed E-state index contributed by atoms with van der Waals surface area (Å²) in [6, 6.07) is 9.87. The largest absolute Gasteiger partial charge is 0.455 e. The van der Waals surface area contributed by atoms with E-state index in [0.717, 1.165) is 12.8 Å². The molecule has 7 nitrogen and oxygen atoms in total. The molecule has 0 spiro atoms. The fourth-order valence-electron chi connectivity index (χ4n) is 3.72.